The number of hydrogen-bond acceptors (Lipinski definition) is 5. The lowest BCUT2D eigenvalue weighted by Gasteiger charge is -2.29. The molecule has 5 rings (SSSR count). The van der Waals surface area contributed by atoms with Gasteiger partial charge in [-0.2, -0.15) is 11.8 Å². The lowest BCUT2D eigenvalue weighted by molar-refractivity contribution is 0.595. The summed E-state index contributed by atoms with van der Waals surface area (Å²) >= 11 is 1.98. The highest BCUT2D eigenvalue weighted by atomic mass is 32.2. The number of pyridine rings is 1. The van der Waals surface area contributed by atoms with Crippen LogP contribution in [0.15, 0.2) is 65.7 Å². The van der Waals surface area contributed by atoms with Gasteiger partial charge in [-0.05, 0) is 35.9 Å². The van der Waals surface area contributed by atoms with Gasteiger partial charge in [0.25, 0.3) is 0 Å². The largest absolute Gasteiger partial charge is 0.369 e. The fourth-order valence-electron chi connectivity index (χ4n) is 3.93. The second-order valence-electron chi connectivity index (χ2n) is 7.23. The van der Waals surface area contributed by atoms with Crippen molar-refractivity contribution in [2.75, 3.05) is 29.5 Å². The maximum atomic E-state index is 12.8. The molecule has 1 fully saturated rings. The summed E-state index contributed by atoms with van der Waals surface area (Å²) in [5, 5.41) is 2.11. The number of H-pyrrole nitrogens is 1. The molecule has 1 aliphatic rings. The molecule has 0 atom stereocenters. The van der Waals surface area contributed by atoms with Gasteiger partial charge >= 0.3 is 0 Å². The summed E-state index contributed by atoms with van der Waals surface area (Å²) in [5.74, 6) is 2.22. The predicted octanol–water partition coefficient (Wildman–Crippen LogP) is 4.24. The van der Waals surface area contributed by atoms with E-state index in [-0.39, 0.29) is 5.75 Å². The first-order chi connectivity index (χ1) is 14.1. The molecule has 0 aliphatic carbocycles. The molecule has 0 radical (unpaired) electrons. The standard InChI is InChI=1S/C22H21N3O2S2/c26-29(27,17-4-2-1-3-5-17)15-16-6-7-19-18(14-16)21-20(8-9-23-22(21)24-19)25-10-12-28-13-11-25/h1-9,14H,10-13,15H2,(H,23,24). The van der Waals surface area contributed by atoms with Gasteiger partial charge in [0.15, 0.2) is 9.84 Å². The molecule has 148 valence electrons. The molecule has 0 spiro atoms. The number of sulfone groups is 1. The minimum absolute atomic E-state index is 0.0183. The molecule has 4 aromatic rings. The molecule has 2 aromatic heterocycles. The zero-order valence-electron chi connectivity index (χ0n) is 15.8. The first kappa shape index (κ1) is 18.5. The minimum atomic E-state index is -3.39. The van der Waals surface area contributed by atoms with Crippen molar-refractivity contribution in [1.82, 2.24) is 9.97 Å². The number of aromatic nitrogens is 2. The van der Waals surface area contributed by atoms with Crippen LogP contribution in [0, 0.1) is 0 Å². The Morgan fingerprint density at radius 2 is 1.83 bits per heavy atom. The van der Waals surface area contributed by atoms with Crippen molar-refractivity contribution in [1.29, 1.82) is 0 Å². The molecule has 1 aliphatic heterocycles. The molecule has 0 amide bonds. The van der Waals surface area contributed by atoms with Gasteiger partial charge in [-0.25, -0.2) is 13.4 Å². The van der Waals surface area contributed by atoms with Crippen molar-refractivity contribution in [3.05, 3.63) is 66.4 Å². The van der Waals surface area contributed by atoms with Gasteiger partial charge in [-0.15, -0.1) is 0 Å². The lowest BCUT2D eigenvalue weighted by atomic mass is 10.1. The summed E-state index contributed by atoms with van der Waals surface area (Å²) in [6.45, 7) is 2.02. The molecule has 2 aromatic carbocycles. The zero-order valence-corrected chi connectivity index (χ0v) is 17.5. The van der Waals surface area contributed by atoms with Crippen LogP contribution in [0.5, 0.6) is 0 Å². The van der Waals surface area contributed by atoms with Gasteiger partial charge in [0.2, 0.25) is 0 Å². The maximum absolute atomic E-state index is 12.8. The number of nitrogens with one attached hydrogen (secondary N) is 1. The predicted molar refractivity (Wildman–Crippen MR) is 120 cm³/mol. The van der Waals surface area contributed by atoms with Crippen molar-refractivity contribution in [2.24, 2.45) is 0 Å². The maximum Gasteiger partial charge on any atom is 0.182 e. The summed E-state index contributed by atoms with van der Waals surface area (Å²) in [6, 6.07) is 16.5. The summed E-state index contributed by atoms with van der Waals surface area (Å²) < 4.78 is 25.6. The number of thioether (sulfide) groups is 1. The number of aromatic amines is 1. The van der Waals surface area contributed by atoms with Crippen LogP contribution < -0.4 is 4.90 Å². The van der Waals surface area contributed by atoms with Gasteiger partial charge in [0.1, 0.15) is 5.65 Å². The molecule has 1 saturated heterocycles. The Balaban J connectivity index is 1.60. The average molecular weight is 424 g/mol. The van der Waals surface area contributed by atoms with Gasteiger partial charge in [-0.3, -0.25) is 0 Å². The molecule has 3 heterocycles. The molecular weight excluding hydrogens is 402 g/mol. The second-order valence-corrected chi connectivity index (χ2v) is 10.4. The Morgan fingerprint density at radius 1 is 1.03 bits per heavy atom. The third kappa shape index (κ3) is 3.49. The molecule has 0 bridgehead atoms. The summed E-state index contributed by atoms with van der Waals surface area (Å²) in [4.78, 5) is 10.7. The van der Waals surface area contributed by atoms with Crippen LogP contribution in [-0.4, -0.2) is 43.0 Å². The van der Waals surface area contributed by atoms with Gasteiger partial charge in [-0.1, -0.05) is 24.3 Å². The number of rotatable bonds is 4. The van der Waals surface area contributed by atoms with Crippen LogP contribution in [0.1, 0.15) is 5.56 Å². The summed E-state index contributed by atoms with van der Waals surface area (Å²) in [6.07, 6.45) is 1.84. The number of fused-ring (bicyclic) bond motifs is 3. The Hall–Kier alpha value is -2.51. The molecular formula is C22H21N3O2S2. The first-order valence-electron chi connectivity index (χ1n) is 9.62. The van der Waals surface area contributed by atoms with E-state index >= 15 is 0 Å². The fourth-order valence-corrected chi connectivity index (χ4v) is 6.19. The van der Waals surface area contributed by atoms with E-state index in [4.69, 9.17) is 0 Å². The second kappa shape index (κ2) is 7.39. The lowest BCUT2D eigenvalue weighted by Crippen LogP contribution is -2.32. The zero-order chi connectivity index (χ0) is 19.8. The Bertz CT molecular complexity index is 1280. The van der Waals surface area contributed by atoms with E-state index < -0.39 is 9.84 Å². The number of hydrogen-bond donors (Lipinski definition) is 1. The monoisotopic (exact) mass is 423 g/mol. The number of nitrogens with zero attached hydrogens (tertiary/aromatic N) is 2. The molecule has 7 heteroatoms. The smallest absolute Gasteiger partial charge is 0.182 e. The highest BCUT2D eigenvalue weighted by Crippen LogP contribution is 2.34. The van der Waals surface area contributed by atoms with Gasteiger partial charge < -0.3 is 9.88 Å². The van der Waals surface area contributed by atoms with Crippen molar-refractivity contribution < 1.29 is 8.42 Å². The van der Waals surface area contributed by atoms with E-state index in [2.05, 4.69) is 20.9 Å². The van der Waals surface area contributed by atoms with Crippen molar-refractivity contribution in [2.45, 2.75) is 10.6 Å². The van der Waals surface area contributed by atoms with Crippen molar-refractivity contribution in [3.8, 4) is 0 Å². The van der Waals surface area contributed by atoms with Crippen LogP contribution in [0.2, 0.25) is 0 Å². The van der Waals surface area contributed by atoms with E-state index in [1.54, 1.807) is 24.3 Å². The van der Waals surface area contributed by atoms with Crippen LogP contribution in [0.4, 0.5) is 5.69 Å². The van der Waals surface area contributed by atoms with Gasteiger partial charge in [0, 0.05) is 52.8 Å². The van der Waals surface area contributed by atoms with E-state index in [1.807, 2.05) is 42.2 Å². The third-order valence-corrected chi connectivity index (χ3v) is 7.99. The Morgan fingerprint density at radius 3 is 2.62 bits per heavy atom. The van der Waals surface area contributed by atoms with Crippen LogP contribution in [-0.2, 0) is 15.6 Å². The van der Waals surface area contributed by atoms with Crippen molar-refractivity contribution in [3.63, 3.8) is 0 Å². The van der Waals surface area contributed by atoms with Crippen molar-refractivity contribution >= 4 is 49.2 Å². The average Bonchev–Trinajstić information content (AvgIpc) is 3.13. The first-order valence-corrected chi connectivity index (χ1v) is 12.4. The van der Waals surface area contributed by atoms with E-state index in [0.29, 0.717) is 4.90 Å². The van der Waals surface area contributed by atoms with Crippen LogP contribution in [0.3, 0.4) is 0 Å². The van der Waals surface area contributed by atoms with Crippen LogP contribution >= 0.6 is 11.8 Å². The van der Waals surface area contributed by atoms with E-state index in [1.165, 1.54) is 5.69 Å². The normalized spacial score (nSPS) is 15.2. The number of benzene rings is 2. The Kier molecular flexibility index (Phi) is 4.72. The molecule has 29 heavy (non-hydrogen) atoms. The Labute approximate surface area is 174 Å². The highest BCUT2D eigenvalue weighted by Gasteiger charge is 2.19. The molecule has 0 saturated carbocycles. The fraction of sp³-hybridized carbons (Fsp3) is 0.227. The van der Waals surface area contributed by atoms with E-state index in [9.17, 15) is 8.42 Å². The SMILES string of the molecule is O=S(=O)(Cc1ccc2[nH]c3nccc(N4CCSCC4)c3c2c1)c1ccccc1. The third-order valence-electron chi connectivity index (χ3n) is 5.35. The molecule has 0 unspecified atom stereocenters. The van der Waals surface area contributed by atoms with Crippen LogP contribution in [0.25, 0.3) is 21.9 Å². The topological polar surface area (TPSA) is 66.1 Å². The van der Waals surface area contributed by atoms with E-state index in [0.717, 1.165) is 52.1 Å². The quantitative estimate of drug-likeness (QED) is 0.532. The summed E-state index contributed by atoms with van der Waals surface area (Å²) in [7, 11) is -3.39. The minimum Gasteiger partial charge on any atom is -0.369 e. The number of anilines is 1. The molecule has 1 N–H and O–H groups in total. The van der Waals surface area contributed by atoms with Gasteiger partial charge in [0.05, 0.1) is 10.6 Å². The highest BCUT2D eigenvalue weighted by molar-refractivity contribution is 7.99. The summed E-state index contributed by atoms with van der Waals surface area (Å²) in [5.41, 5.74) is 3.78. The molecule has 5 nitrogen and oxygen atoms in total.